The fourth-order valence-electron chi connectivity index (χ4n) is 2.67. The Morgan fingerprint density at radius 2 is 2.43 bits per heavy atom. The van der Waals surface area contributed by atoms with E-state index >= 15 is 0 Å². The number of benzene rings is 1. The van der Waals surface area contributed by atoms with E-state index in [0.717, 1.165) is 37.3 Å². The normalized spacial score (nSPS) is 21.4. The maximum Gasteiger partial charge on any atom is 0.231 e. The summed E-state index contributed by atoms with van der Waals surface area (Å²) in [5, 5.41) is 17.4. The summed E-state index contributed by atoms with van der Waals surface area (Å²) in [6.45, 7) is 3.69. The minimum atomic E-state index is -0.301. The van der Waals surface area contributed by atoms with Gasteiger partial charge in [0.1, 0.15) is 6.33 Å². The van der Waals surface area contributed by atoms with Gasteiger partial charge in [-0.1, -0.05) is 13.0 Å². The highest BCUT2D eigenvalue weighted by molar-refractivity contribution is 5.96. The van der Waals surface area contributed by atoms with E-state index in [0.29, 0.717) is 0 Å². The van der Waals surface area contributed by atoms with E-state index in [4.69, 9.17) is 0 Å². The second kappa shape index (κ2) is 5.61. The van der Waals surface area contributed by atoms with Gasteiger partial charge < -0.3 is 10.6 Å². The number of tetrazole rings is 1. The fourth-order valence-corrected chi connectivity index (χ4v) is 2.67. The van der Waals surface area contributed by atoms with Crippen molar-refractivity contribution in [2.24, 2.45) is 5.41 Å². The van der Waals surface area contributed by atoms with Crippen molar-refractivity contribution < 1.29 is 4.79 Å². The van der Waals surface area contributed by atoms with Crippen LogP contribution in [0.1, 0.15) is 19.8 Å². The van der Waals surface area contributed by atoms with Gasteiger partial charge in [-0.05, 0) is 48.0 Å². The Kier molecular flexibility index (Phi) is 3.66. The molecule has 2 heterocycles. The van der Waals surface area contributed by atoms with Gasteiger partial charge in [-0.25, -0.2) is 4.68 Å². The van der Waals surface area contributed by atoms with Crippen LogP contribution in [0.2, 0.25) is 0 Å². The number of aromatic nitrogens is 4. The molecular formula is C14H18N6O. The van der Waals surface area contributed by atoms with Gasteiger partial charge in [0.15, 0.2) is 0 Å². The Balaban J connectivity index is 1.79. The molecule has 7 heteroatoms. The van der Waals surface area contributed by atoms with Gasteiger partial charge in [0, 0.05) is 12.2 Å². The number of anilines is 1. The molecule has 1 fully saturated rings. The first-order chi connectivity index (χ1) is 10.2. The van der Waals surface area contributed by atoms with Gasteiger partial charge in [-0.3, -0.25) is 4.79 Å². The van der Waals surface area contributed by atoms with Crippen LogP contribution >= 0.6 is 0 Å². The SMILES string of the molecule is CCC1(C(=O)Nc2cccc(-n3cnnn3)c2)CCNC1. The molecule has 0 aliphatic carbocycles. The molecule has 1 saturated heterocycles. The summed E-state index contributed by atoms with van der Waals surface area (Å²) >= 11 is 0. The zero-order valence-corrected chi connectivity index (χ0v) is 11.9. The summed E-state index contributed by atoms with van der Waals surface area (Å²) in [6, 6.07) is 7.49. The van der Waals surface area contributed by atoms with Crippen LogP contribution in [0.25, 0.3) is 5.69 Å². The number of nitrogens with zero attached hydrogens (tertiary/aromatic N) is 4. The van der Waals surface area contributed by atoms with E-state index in [1.54, 1.807) is 4.68 Å². The zero-order chi connectivity index (χ0) is 14.7. The van der Waals surface area contributed by atoms with Crippen LogP contribution in [0.15, 0.2) is 30.6 Å². The summed E-state index contributed by atoms with van der Waals surface area (Å²) < 4.78 is 1.56. The number of carbonyl (C=O) groups excluding carboxylic acids is 1. The number of hydrogen-bond donors (Lipinski definition) is 2. The average molecular weight is 286 g/mol. The molecular weight excluding hydrogens is 268 g/mol. The minimum absolute atomic E-state index is 0.0730. The summed E-state index contributed by atoms with van der Waals surface area (Å²) in [4.78, 5) is 12.6. The number of carbonyl (C=O) groups is 1. The Labute approximate surface area is 122 Å². The first-order valence-electron chi connectivity index (χ1n) is 7.09. The molecule has 1 atom stereocenters. The predicted molar refractivity (Wildman–Crippen MR) is 78.0 cm³/mol. The van der Waals surface area contributed by atoms with E-state index in [1.165, 1.54) is 6.33 Å². The van der Waals surface area contributed by atoms with Crippen LogP contribution < -0.4 is 10.6 Å². The summed E-state index contributed by atoms with van der Waals surface area (Å²) in [7, 11) is 0. The molecule has 7 nitrogen and oxygen atoms in total. The van der Waals surface area contributed by atoms with Crippen LogP contribution in [0, 0.1) is 5.41 Å². The number of hydrogen-bond acceptors (Lipinski definition) is 5. The lowest BCUT2D eigenvalue weighted by molar-refractivity contribution is -0.124. The smallest absolute Gasteiger partial charge is 0.231 e. The monoisotopic (exact) mass is 286 g/mol. The van der Waals surface area contributed by atoms with Crippen LogP contribution in [0.3, 0.4) is 0 Å². The number of rotatable bonds is 4. The van der Waals surface area contributed by atoms with Crippen LogP contribution in [0.5, 0.6) is 0 Å². The molecule has 2 aromatic rings. The molecule has 0 radical (unpaired) electrons. The van der Waals surface area contributed by atoms with Crippen molar-refractivity contribution in [3.05, 3.63) is 30.6 Å². The van der Waals surface area contributed by atoms with E-state index in [1.807, 2.05) is 24.3 Å². The van der Waals surface area contributed by atoms with Crippen molar-refractivity contribution >= 4 is 11.6 Å². The molecule has 1 aromatic heterocycles. The van der Waals surface area contributed by atoms with Crippen LogP contribution in [-0.2, 0) is 4.79 Å². The van der Waals surface area contributed by atoms with Gasteiger partial charge in [0.2, 0.25) is 5.91 Å². The Bertz CT molecular complexity index is 618. The van der Waals surface area contributed by atoms with E-state index < -0.39 is 0 Å². The number of amides is 1. The molecule has 2 N–H and O–H groups in total. The topological polar surface area (TPSA) is 84.7 Å². The van der Waals surface area contributed by atoms with E-state index in [2.05, 4.69) is 33.1 Å². The van der Waals surface area contributed by atoms with Gasteiger partial charge in [0.05, 0.1) is 11.1 Å². The van der Waals surface area contributed by atoms with Gasteiger partial charge in [0.25, 0.3) is 0 Å². The highest BCUT2D eigenvalue weighted by Gasteiger charge is 2.39. The summed E-state index contributed by atoms with van der Waals surface area (Å²) in [5.74, 6) is 0.0730. The third kappa shape index (κ3) is 2.64. The first kappa shape index (κ1) is 13.7. The average Bonchev–Trinajstić information content (AvgIpc) is 3.20. The summed E-state index contributed by atoms with van der Waals surface area (Å²) in [6.07, 6.45) is 3.23. The largest absolute Gasteiger partial charge is 0.325 e. The second-order valence-electron chi connectivity index (χ2n) is 5.32. The molecule has 110 valence electrons. The molecule has 1 aliphatic rings. The Morgan fingerprint density at radius 1 is 1.52 bits per heavy atom. The molecule has 3 rings (SSSR count). The Hall–Kier alpha value is -2.28. The van der Waals surface area contributed by atoms with Crippen LogP contribution in [0.4, 0.5) is 5.69 Å². The summed E-state index contributed by atoms with van der Waals surface area (Å²) in [5.41, 5.74) is 1.27. The lowest BCUT2D eigenvalue weighted by Crippen LogP contribution is -2.37. The minimum Gasteiger partial charge on any atom is -0.325 e. The maximum absolute atomic E-state index is 12.6. The first-order valence-corrected chi connectivity index (χ1v) is 7.09. The van der Waals surface area contributed by atoms with E-state index in [9.17, 15) is 4.79 Å². The zero-order valence-electron chi connectivity index (χ0n) is 11.9. The highest BCUT2D eigenvalue weighted by atomic mass is 16.2. The molecule has 0 saturated carbocycles. The third-order valence-corrected chi connectivity index (χ3v) is 4.12. The Morgan fingerprint density at radius 3 is 3.10 bits per heavy atom. The lowest BCUT2D eigenvalue weighted by Gasteiger charge is -2.25. The van der Waals surface area contributed by atoms with Crippen molar-refractivity contribution in [1.29, 1.82) is 0 Å². The predicted octanol–water partition coefficient (Wildman–Crippen LogP) is 0.990. The number of nitrogens with one attached hydrogen (secondary N) is 2. The quantitative estimate of drug-likeness (QED) is 0.875. The third-order valence-electron chi connectivity index (χ3n) is 4.12. The van der Waals surface area contributed by atoms with E-state index in [-0.39, 0.29) is 11.3 Å². The molecule has 1 aromatic carbocycles. The maximum atomic E-state index is 12.6. The van der Waals surface area contributed by atoms with Gasteiger partial charge in [-0.15, -0.1) is 5.10 Å². The van der Waals surface area contributed by atoms with Crippen molar-refractivity contribution in [1.82, 2.24) is 25.5 Å². The highest BCUT2D eigenvalue weighted by Crippen LogP contribution is 2.31. The van der Waals surface area contributed by atoms with Gasteiger partial charge >= 0.3 is 0 Å². The molecule has 1 amide bonds. The molecule has 1 unspecified atom stereocenters. The standard InChI is InChI=1S/C14H18N6O/c1-2-14(6-7-15-9-14)13(21)17-11-4-3-5-12(8-11)20-10-16-18-19-20/h3-5,8,10,15H,2,6-7,9H2,1H3,(H,17,21). The van der Waals surface area contributed by atoms with Crippen molar-refractivity contribution in [2.75, 3.05) is 18.4 Å². The van der Waals surface area contributed by atoms with Crippen molar-refractivity contribution in [3.63, 3.8) is 0 Å². The second-order valence-corrected chi connectivity index (χ2v) is 5.32. The molecule has 0 spiro atoms. The lowest BCUT2D eigenvalue weighted by atomic mass is 9.83. The molecule has 21 heavy (non-hydrogen) atoms. The molecule has 1 aliphatic heterocycles. The van der Waals surface area contributed by atoms with Crippen LogP contribution in [-0.4, -0.2) is 39.2 Å². The van der Waals surface area contributed by atoms with Crippen molar-refractivity contribution in [3.8, 4) is 5.69 Å². The van der Waals surface area contributed by atoms with Crippen molar-refractivity contribution in [2.45, 2.75) is 19.8 Å². The molecule has 0 bridgehead atoms. The fraction of sp³-hybridized carbons (Fsp3) is 0.429. The van der Waals surface area contributed by atoms with Gasteiger partial charge in [-0.2, -0.15) is 0 Å².